The molecule has 0 aromatic carbocycles. The third-order valence-corrected chi connectivity index (χ3v) is 14.2. The molecule has 1 N–H and O–H groups in total. The van der Waals surface area contributed by atoms with Crippen LogP contribution in [0.5, 0.6) is 0 Å². The molecule has 0 aliphatic heterocycles. The van der Waals surface area contributed by atoms with E-state index in [1.165, 1.54) is 64.2 Å². The van der Waals surface area contributed by atoms with Gasteiger partial charge >= 0.3 is 0 Å². The molecule has 18 heavy (non-hydrogen) atoms. The van der Waals surface area contributed by atoms with E-state index in [0.717, 1.165) is 11.8 Å². The summed E-state index contributed by atoms with van der Waals surface area (Å²) in [6.07, 6.45) is 13.2. The fourth-order valence-corrected chi connectivity index (χ4v) is 13.8. The van der Waals surface area contributed by atoms with Gasteiger partial charge in [-0.2, -0.15) is 0 Å². The van der Waals surface area contributed by atoms with Crippen molar-refractivity contribution >= 4 is 28.7 Å². The van der Waals surface area contributed by atoms with Gasteiger partial charge in [0.15, 0.2) is 0 Å². The maximum Gasteiger partial charge on any atom is 0.123 e. The number of hydrogen-bond donors (Lipinski definition) is 1. The minimum atomic E-state index is -2.18. The lowest BCUT2D eigenvalue weighted by molar-refractivity contribution is 0.478. The molecular weight excluding hydrogens is 279 g/mol. The molecule has 1 atom stereocenters. The van der Waals surface area contributed by atoms with E-state index in [-0.39, 0.29) is 5.16 Å². The molecule has 4 aliphatic carbocycles. The summed E-state index contributed by atoms with van der Waals surface area (Å²) < 4.78 is 0.407. The molecule has 102 valence electrons. The third-order valence-electron chi connectivity index (χ3n) is 6.30. The minimum absolute atomic E-state index is 0.201. The molecule has 4 fully saturated rings. The average Bonchev–Trinajstić information content (AvgIpc) is 3.08. The molecule has 4 saturated carbocycles. The molecule has 0 aromatic heterocycles. The lowest BCUT2D eigenvalue weighted by Crippen LogP contribution is -2.25. The molecule has 1 nitrogen and oxygen atoms in total. The summed E-state index contributed by atoms with van der Waals surface area (Å²) in [6, 6.07) is 0. The topological polar surface area (TPSA) is 20.2 Å². The predicted molar refractivity (Wildman–Crippen MR) is 82.7 cm³/mol. The van der Waals surface area contributed by atoms with Gasteiger partial charge in [0, 0.05) is 9.90 Å². The predicted octanol–water partition coefficient (Wildman–Crippen LogP) is 4.69. The van der Waals surface area contributed by atoms with Crippen molar-refractivity contribution in [2.75, 3.05) is 0 Å². The van der Waals surface area contributed by atoms with Crippen molar-refractivity contribution in [3.8, 4) is 0 Å². The van der Waals surface area contributed by atoms with Crippen LogP contribution in [-0.4, -0.2) is 14.8 Å². The van der Waals surface area contributed by atoms with Gasteiger partial charge in [-0.1, -0.05) is 23.2 Å². The Hall–Kier alpha value is 0.960. The lowest BCUT2D eigenvalue weighted by Gasteiger charge is -2.40. The summed E-state index contributed by atoms with van der Waals surface area (Å²) in [5.41, 5.74) is -2.18. The highest BCUT2D eigenvalue weighted by Gasteiger charge is 2.57. The molecule has 1 unspecified atom stereocenters. The Morgan fingerprint density at radius 2 is 1.50 bits per heavy atom. The fourth-order valence-electron chi connectivity index (χ4n) is 5.18. The zero-order valence-corrected chi connectivity index (χ0v) is 13.5. The van der Waals surface area contributed by atoms with Gasteiger partial charge in [-0.05, 0) is 76.0 Å². The highest BCUT2D eigenvalue weighted by atomic mass is 32.9. The third kappa shape index (κ3) is 1.73. The molecular formula is C14H23OPS2. The summed E-state index contributed by atoms with van der Waals surface area (Å²) in [5, 5.41) is 0.201. The molecule has 0 saturated heterocycles. The van der Waals surface area contributed by atoms with Crippen LogP contribution in [0.15, 0.2) is 0 Å². The summed E-state index contributed by atoms with van der Waals surface area (Å²) >= 11 is 7.79. The van der Waals surface area contributed by atoms with Crippen LogP contribution in [0.25, 0.3) is 0 Å². The average molecular weight is 302 g/mol. The molecule has 4 aliphatic rings. The first-order chi connectivity index (χ1) is 8.53. The van der Waals surface area contributed by atoms with Crippen LogP contribution in [0.4, 0.5) is 0 Å². The van der Waals surface area contributed by atoms with Crippen molar-refractivity contribution in [3.05, 3.63) is 0 Å². The van der Waals surface area contributed by atoms with Crippen LogP contribution >= 0.6 is 16.8 Å². The van der Waals surface area contributed by atoms with Crippen molar-refractivity contribution in [1.82, 2.24) is 0 Å². The van der Waals surface area contributed by atoms with E-state index in [2.05, 4.69) is 0 Å². The van der Waals surface area contributed by atoms with Gasteiger partial charge in [0.1, 0.15) is 5.47 Å². The van der Waals surface area contributed by atoms with E-state index < -0.39 is 5.47 Å². The summed E-state index contributed by atoms with van der Waals surface area (Å²) in [4.78, 5) is 11.2. The van der Waals surface area contributed by atoms with Gasteiger partial charge in [-0.15, -0.1) is 0 Å². The standard InChI is InChI=1S/C14H23OPS2/c15-16(17,13-5-1-11(9-13)2-6-13)18-14-7-3-12(10-14)4-8-14/h11-12H,1-10H2,(H,15,17). The van der Waals surface area contributed by atoms with Gasteiger partial charge < -0.3 is 4.89 Å². The second kappa shape index (κ2) is 4.00. The van der Waals surface area contributed by atoms with E-state index in [4.69, 9.17) is 11.8 Å². The van der Waals surface area contributed by atoms with Gasteiger partial charge in [-0.25, -0.2) is 0 Å². The summed E-state index contributed by atoms with van der Waals surface area (Å²) in [7, 11) is 0. The first kappa shape index (κ1) is 12.7. The van der Waals surface area contributed by atoms with Crippen molar-refractivity contribution in [1.29, 1.82) is 0 Å². The number of rotatable bonds is 3. The maximum absolute atomic E-state index is 11.2. The number of fused-ring (bicyclic) bond motifs is 4. The Bertz CT molecular complexity index is 406. The van der Waals surface area contributed by atoms with Crippen molar-refractivity contribution in [3.63, 3.8) is 0 Å². The summed E-state index contributed by atoms with van der Waals surface area (Å²) in [6.45, 7) is 0. The monoisotopic (exact) mass is 302 g/mol. The van der Waals surface area contributed by atoms with Crippen molar-refractivity contribution < 1.29 is 4.89 Å². The maximum atomic E-state index is 11.2. The van der Waals surface area contributed by atoms with Crippen molar-refractivity contribution in [2.45, 2.75) is 74.1 Å². The fraction of sp³-hybridized carbons (Fsp3) is 1.00. The molecule has 0 aromatic rings. The molecule has 0 heterocycles. The van der Waals surface area contributed by atoms with E-state index in [1.807, 2.05) is 11.4 Å². The van der Waals surface area contributed by atoms with Gasteiger partial charge in [0.25, 0.3) is 0 Å². The van der Waals surface area contributed by atoms with Gasteiger partial charge in [-0.3, -0.25) is 0 Å². The van der Waals surface area contributed by atoms with Crippen LogP contribution in [0.2, 0.25) is 0 Å². The molecule has 4 heteroatoms. The van der Waals surface area contributed by atoms with Crippen molar-refractivity contribution in [2.24, 2.45) is 11.8 Å². The van der Waals surface area contributed by atoms with Gasteiger partial charge in [0.05, 0.1) is 0 Å². The van der Waals surface area contributed by atoms with E-state index in [0.29, 0.717) is 4.75 Å². The Balaban J connectivity index is 1.58. The van der Waals surface area contributed by atoms with Gasteiger partial charge in [0.2, 0.25) is 0 Å². The van der Waals surface area contributed by atoms with E-state index in [1.54, 1.807) is 0 Å². The smallest absolute Gasteiger partial charge is 0.123 e. The molecule has 0 spiro atoms. The first-order valence-electron chi connectivity index (χ1n) is 7.56. The zero-order valence-electron chi connectivity index (χ0n) is 10.9. The Labute approximate surface area is 119 Å². The molecule has 0 radical (unpaired) electrons. The van der Waals surface area contributed by atoms with Crippen LogP contribution in [0.3, 0.4) is 0 Å². The second-order valence-electron chi connectivity index (χ2n) is 7.31. The van der Waals surface area contributed by atoms with Crippen LogP contribution in [0, 0.1) is 11.8 Å². The molecule has 4 rings (SSSR count). The van der Waals surface area contributed by atoms with E-state index in [9.17, 15) is 4.89 Å². The first-order valence-corrected chi connectivity index (χ1v) is 11.7. The Morgan fingerprint density at radius 1 is 0.944 bits per heavy atom. The Morgan fingerprint density at radius 3 is 1.94 bits per heavy atom. The quantitative estimate of drug-likeness (QED) is 0.764. The highest BCUT2D eigenvalue weighted by molar-refractivity contribution is 8.70. The lowest BCUT2D eigenvalue weighted by atomic mass is 10.0. The second-order valence-corrected chi connectivity index (χ2v) is 14.8. The minimum Gasteiger partial charge on any atom is -0.357 e. The number of hydrogen-bond acceptors (Lipinski definition) is 2. The van der Waals surface area contributed by atoms with Crippen LogP contribution in [-0.2, 0) is 11.8 Å². The molecule has 0 amide bonds. The van der Waals surface area contributed by atoms with Crippen LogP contribution < -0.4 is 0 Å². The SMILES string of the molecule is OP(=S)(SC12CCC(CC1)C2)C12CCC(CC1)C2. The zero-order chi connectivity index (χ0) is 12.4. The summed E-state index contributed by atoms with van der Waals surface area (Å²) in [5.74, 6) is 1.86. The highest BCUT2D eigenvalue weighted by Crippen LogP contribution is 2.80. The Kier molecular flexibility index (Phi) is 2.81. The normalized spacial score (nSPS) is 52.9. The van der Waals surface area contributed by atoms with E-state index >= 15 is 0 Å². The molecule has 4 bridgehead atoms. The van der Waals surface area contributed by atoms with Crippen LogP contribution in [0.1, 0.15) is 64.2 Å². The largest absolute Gasteiger partial charge is 0.357 e.